The predicted molar refractivity (Wildman–Crippen MR) is 57.6 cm³/mol. The molecular weight excluding hydrogens is 239 g/mol. The van der Waals surface area contributed by atoms with Gasteiger partial charge in [-0.05, 0) is 24.3 Å². The number of carboxylic acid groups (broad SMARTS) is 1. The smallest absolute Gasteiger partial charge is 0.328 e. The van der Waals surface area contributed by atoms with Gasteiger partial charge < -0.3 is 5.11 Å². The minimum Gasteiger partial charge on any atom is -0.478 e. The van der Waals surface area contributed by atoms with Crippen LogP contribution in [0, 0.1) is 0 Å². The molecule has 0 aliphatic heterocycles. The number of hydrogen-bond acceptors (Lipinski definition) is 2. The Labute approximate surface area is 95.9 Å². The summed E-state index contributed by atoms with van der Waals surface area (Å²) in [5.74, 6) is -1.64. The highest BCUT2D eigenvalue weighted by Gasteiger charge is 2.05. The van der Waals surface area contributed by atoms with Crippen molar-refractivity contribution >= 4 is 35.0 Å². The zero-order valence-electron chi connectivity index (χ0n) is 7.41. The van der Waals surface area contributed by atoms with E-state index in [0.29, 0.717) is 10.0 Å². The van der Waals surface area contributed by atoms with Crippen molar-refractivity contribution in [1.82, 2.24) is 0 Å². The van der Waals surface area contributed by atoms with Crippen LogP contribution in [0.4, 0.5) is 0 Å². The fraction of sp³-hybridized carbons (Fsp3) is 0. The molecule has 0 aliphatic rings. The van der Waals surface area contributed by atoms with Crippen molar-refractivity contribution in [1.29, 1.82) is 0 Å². The summed E-state index contributed by atoms with van der Waals surface area (Å²) in [5.41, 5.74) is 0.255. The first-order chi connectivity index (χ1) is 6.99. The SMILES string of the molecule is O=C(O)/C=C/C(=O)c1cc(Cl)cc(Cl)c1. The van der Waals surface area contributed by atoms with Gasteiger partial charge in [-0.25, -0.2) is 4.79 Å². The van der Waals surface area contributed by atoms with E-state index >= 15 is 0 Å². The number of hydrogen-bond donors (Lipinski definition) is 1. The Morgan fingerprint density at radius 1 is 1.07 bits per heavy atom. The van der Waals surface area contributed by atoms with Gasteiger partial charge in [0, 0.05) is 21.7 Å². The van der Waals surface area contributed by atoms with E-state index in [2.05, 4.69) is 0 Å². The molecule has 0 aromatic heterocycles. The largest absolute Gasteiger partial charge is 0.478 e. The van der Waals surface area contributed by atoms with Crippen LogP contribution in [0.25, 0.3) is 0 Å². The number of carbonyl (C=O) groups excluding carboxylic acids is 1. The molecule has 0 amide bonds. The topological polar surface area (TPSA) is 54.4 Å². The van der Waals surface area contributed by atoms with Crippen molar-refractivity contribution < 1.29 is 14.7 Å². The lowest BCUT2D eigenvalue weighted by molar-refractivity contribution is -0.131. The van der Waals surface area contributed by atoms with Gasteiger partial charge in [0.2, 0.25) is 0 Å². The summed E-state index contributed by atoms with van der Waals surface area (Å²) < 4.78 is 0. The molecule has 5 heteroatoms. The number of carbonyl (C=O) groups is 2. The normalized spacial score (nSPS) is 10.5. The molecule has 0 atom stereocenters. The van der Waals surface area contributed by atoms with E-state index in [1.807, 2.05) is 0 Å². The maximum atomic E-state index is 11.4. The summed E-state index contributed by atoms with van der Waals surface area (Å²) in [7, 11) is 0. The Balaban J connectivity index is 2.96. The summed E-state index contributed by atoms with van der Waals surface area (Å²) >= 11 is 11.4. The molecule has 0 bridgehead atoms. The van der Waals surface area contributed by atoms with Crippen LogP contribution < -0.4 is 0 Å². The van der Waals surface area contributed by atoms with Crippen LogP contribution in [-0.4, -0.2) is 16.9 Å². The van der Waals surface area contributed by atoms with E-state index in [1.54, 1.807) is 0 Å². The van der Waals surface area contributed by atoms with Gasteiger partial charge in [0.05, 0.1) is 0 Å². The fourth-order valence-electron chi connectivity index (χ4n) is 0.939. The number of benzene rings is 1. The standard InChI is InChI=1S/C10H6Cl2O3/c11-7-3-6(4-8(12)5-7)9(13)1-2-10(14)15/h1-5H,(H,14,15)/b2-1+. The summed E-state index contributed by atoms with van der Waals surface area (Å²) in [4.78, 5) is 21.6. The number of allylic oxidation sites excluding steroid dienone is 1. The van der Waals surface area contributed by atoms with Gasteiger partial charge >= 0.3 is 5.97 Å². The summed E-state index contributed by atoms with van der Waals surface area (Å²) in [6.45, 7) is 0. The molecule has 0 aliphatic carbocycles. The molecule has 3 nitrogen and oxygen atoms in total. The lowest BCUT2D eigenvalue weighted by Gasteiger charge is -1.98. The molecule has 1 N–H and O–H groups in total. The van der Waals surface area contributed by atoms with E-state index in [-0.39, 0.29) is 5.56 Å². The summed E-state index contributed by atoms with van der Waals surface area (Å²) in [6.07, 6.45) is 1.71. The third-order valence-electron chi connectivity index (χ3n) is 1.52. The first kappa shape index (κ1) is 11.8. The van der Waals surface area contributed by atoms with Crippen molar-refractivity contribution in [2.75, 3.05) is 0 Å². The molecule has 1 aromatic rings. The minimum atomic E-state index is -1.18. The van der Waals surface area contributed by atoms with Gasteiger partial charge in [0.25, 0.3) is 0 Å². The third-order valence-corrected chi connectivity index (χ3v) is 1.96. The fourth-order valence-corrected chi connectivity index (χ4v) is 1.47. The van der Waals surface area contributed by atoms with Crippen molar-refractivity contribution in [2.45, 2.75) is 0 Å². The Morgan fingerprint density at radius 2 is 1.60 bits per heavy atom. The molecule has 15 heavy (non-hydrogen) atoms. The van der Waals surface area contributed by atoms with E-state index in [4.69, 9.17) is 28.3 Å². The van der Waals surface area contributed by atoms with Crippen molar-refractivity contribution in [2.24, 2.45) is 0 Å². The molecule has 0 radical (unpaired) electrons. The maximum Gasteiger partial charge on any atom is 0.328 e. The number of aliphatic carboxylic acids is 1. The van der Waals surface area contributed by atoms with Gasteiger partial charge in [0.15, 0.2) is 5.78 Å². The maximum absolute atomic E-state index is 11.4. The van der Waals surface area contributed by atoms with Crippen molar-refractivity contribution in [3.63, 3.8) is 0 Å². The van der Waals surface area contributed by atoms with E-state index in [9.17, 15) is 9.59 Å². The second-order valence-corrected chi connectivity index (χ2v) is 3.57. The summed E-state index contributed by atoms with van der Waals surface area (Å²) in [6, 6.07) is 4.32. The summed E-state index contributed by atoms with van der Waals surface area (Å²) in [5, 5.41) is 8.98. The Hall–Kier alpha value is -1.32. The van der Waals surface area contributed by atoms with Gasteiger partial charge in [-0.15, -0.1) is 0 Å². The predicted octanol–water partition coefficient (Wildman–Crippen LogP) is 2.82. The van der Waals surface area contributed by atoms with Crippen LogP contribution in [-0.2, 0) is 4.79 Å². The highest BCUT2D eigenvalue weighted by Crippen LogP contribution is 2.19. The zero-order chi connectivity index (χ0) is 11.4. The Kier molecular flexibility index (Phi) is 3.88. The van der Waals surface area contributed by atoms with Crippen LogP contribution in [0.1, 0.15) is 10.4 Å². The first-order valence-corrected chi connectivity index (χ1v) is 4.66. The average molecular weight is 245 g/mol. The van der Waals surface area contributed by atoms with Gasteiger partial charge in [-0.1, -0.05) is 23.2 Å². The molecule has 1 aromatic carbocycles. The molecule has 78 valence electrons. The number of ketones is 1. The minimum absolute atomic E-state index is 0.255. The zero-order valence-corrected chi connectivity index (χ0v) is 8.92. The second-order valence-electron chi connectivity index (χ2n) is 2.69. The Morgan fingerprint density at radius 3 is 2.07 bits per heavy atom. The lowest BCUT2D eigenvalue weighted by atomic mass is 10.1. The van der Waals surface area contributed by atoms with Gasteiger partial charge in [0.1, 0.15) is 0 Å². The molecule has 0 unspecified atom stereocenters. The van der Waals surface area contributed by atoms with Gasteiger partial charge in [-0.3, -0.25) is 4.79 Å². The average Bonchev–Trinajstić information content (AvgIpc) is 2.12. The van der Waals surface area contributed by atoms with Crippen LogP contribution in [0.2, 0.25) is 10.0 Å². The van der Waals surface area contributed by atoms with Gasteiger partial charge in [-0.2, -0.15) is 0 Å². The second kappa shape index (κ2) is 4.96. The number of carboxylic acids is 1. The molecule has 0 fully saturated rings. The lowest BCUT2D eigenvalue weighted by Crippen LogP contribution is -1.96. The highest BCUT2D eigenvalue weighted by molar-refractivity contribution is 6.35. The van der Waals surface area contributed by atoms with Crippen molar-refractivity contribution in [3.8, 4) is 0 Å². The van der Waals surface area contributed by atoms with E-state index < -0.39 is 11.8 Å². The third kappa shape index (κ3) is 3.73. The van der Waals surface area contributed by atoms with Crippen LogP contribution in [0.3, 0.4) is 0 Å². The molecular formula is C10H6Cl2O3. The van der Waals surface area contributed by atoms with Crippen molar-refractivity contribution in [3.05, 3.63) is 46.0 Å². The molecule has 1 rings (SSSR count). The Bertz CT molecular complexity index is 418. The monoisotopic (exact) mass is 244 g/mol. The number of rotatable bonds is 3. The first-order valence-electron chi connectivity index (χ1n) is 3.90. The van der Waals surface area contributed by atoms with E-state index in [0.717, 1.165) is 12.2 Å². The van der Waals surface area contributed by atoms with E-state index in [1.165, 1.54) is 18.2 Å². The molecule has 0 saturated carbocycles. The number of halogens is 2. The van der Waals surface area contributed by atoms with Crippen LogP contribution in [0.15, 0.2) is 30.4 Å². The molecule has 0 spiro atoms. The van der Waals surface area contributed by atoms with Crippen LogP contribution >= 0.6 is 23.2 Å². The molecule has 0 heterocycles. The highest BCUT2D eigenvalue weighted by atomic mass is 35.5. The molecule has 0 saturated heterocycles. The van der Waals surface area contributed by atoms with Crippen LogP contribution in [0.5, 0.6) is 0 Å². The quantitative estimate of drug-likeness (QED) is 0.658.